The molecule has 1 aliphatic rings. The molecule has 0 spiro atoms. The van der Waals surface area contributed by atoms with E-state index in [9.17, 15) is 14.9 Å². The summed E-state index contributed by atoms with van der Waals surface area (Å²) in [5, 5.41) is 14.0. The molecule has 1 atom stereocenters. The fourth-order valence-corrected chi connectivity index (χ4v) is 3.19. The SMILES string of the molecule is CNc1ccc([N+](=O)[O-])cc1C(=O)N1CCOC(c2ccc(Br)cc2)C1. The van der Waals surface area contributed by atoms with Gasteiger partial charge in [0, 0.05) is 35.9 Å². The molecule has 0 aromatic heterocycles. The molecule has 1 N–H and O–H groups in total. The van der Waals surface area contributed by atoms with Crippen LogP contribution in [0.2, 0.25) is 0 Å². The maximum absolute atomic E-state index is 13.0. The maximum atomic E-state index is 13.0. The van der Waals surface area contributed by atoms with Crippen LogP contribution in [0.4, 0.5) is 11.4 Å². The van der Waals surface area contributed by atoms with Crippen molar-refractivity contribution in [2.24, 2.45) is 0 Å². The van der Waals surface area contributed by atoms with Gasteiger partial charge < -0.3 is 15.0 Å². The second-order valence-electron chi connectivity index (χ2n) is 5.90. The topological polar surface area (TPSA) is 84.7 Å². The van der Waals surface area contributed by atoms with Crippen molar-refractivity contribution in [2.75, 3.05) is 32.1 Å². The van der Waals surface area contributed by atoms with Gasteiger partial charge in [0.25, 0.3) is 11.6 Å². The molecule has 26 heavy (non-hydrogen) atoms. The largest absolute Gasteiger partial charge is 0.387 e. The van der Waals surface area contributed by atoms with Crippen LogP contribution in [0.1, 0.15) is 22.0 Å². The van der Waals surface area contributed by atoms with E-state index in [1.807, 2.05) is 24.3 Å². The van der Waals surface area contributed by atoms with Gasteiger partial charge in [0.15, 0.2) is 0 Å². The average Bonchev–Trinajstić information content (AvgIpc) is 2.67. The fraction of sp³-hybridized carbons (Fsp3) is 0.278. The number of morpholine rings is 1. The van der Waals surface area contributed by atoms with Crippen LogP contribution in [0.25, 0.3) is 0 Å². The third-order valence-corrected chi connectivity index (χ3v) is 4.84. The molecule has 0 aliphatic carbocycles. The van der Waals surface area contributed by atoms with Crippen molar-refractivity contribution in [3.05, 3.63) is 68.2 Å². The Morgan fingerprint density at radius 3 is 2.69 bits per heavy atom. The first-order valence-electron chi connectivity index (χ1n) is 8.12. The van der Waals surface area contributed by atoms with Crippen LogP contribution in [-0.4, -0.2) is 42.5 Å². The zero-order valence-electron chi connectivity index (χ0n) is 14.1. The molecule has 1 saturated heterocycles. The number of hydrogen-bond donors (Lipinski definition) is 1. The van der Waals surface area contributed by atoms with Crippen molar-refractivity contribution in [2.45, 2.75) is 6.10 Å². The summed E-state index contributed by atoms with van der Waals surface area (Å²) in [7, 11) is 1.68. The van der Waals surface area contributed by atoms with Crippen LogP contribution in [-0.2, 0) is 4.74 Å². The van der Waals surface area contributed by atoms with Gasteiger partial charge in [0.1, 0.15) is 6.10 Å². The molecular formula is C18H18BrN3O4. The first-order valence-corrected chi connectivity index (χ1v) is 8.91. The Morgan fingerprint density at radius 2 is 2.04 bits per heavy atom. The van der Waals surface area contributed by atoms with Gasteiger partial charge in [-0.15, -0.1) is 0 Å². The molecule has 0 saturated carbocycles. The van der Waals surface area contributed by atoms with Crippen molar-refractivity contribution in [1.29, 1.82) is 0 Å². The molecule has 0 radical (unpaired) electrons. The summed E-state index contributed by atoms with van der Waals surface area (Å²) >= 11 is 3.40. The van der Waals surface area contributed by atoms with E-state index in [-0.39, 0.29) is 23.3 Å². The molecule has 8 heteroatoms. The van der Waals surface area contributed by atoms with Gasteiger partial charge in [0.2, 0.25) is 0 Å². The average molecular weight is 420 g/mol. The van der Waals surface area contributed by atoms with E-state index in [2.05, 4.69) is 21.2 Å². The molecule has 2 aromatic carbocycles. The molecule has 1 unspecified atom stereocenters. The number of rotatable bonds is 4. The number of amides is 1. The first-order chi connectivity index (χ1) is 12.5. The van der Waals surface area contributed by atoms with Crippen LogP contribution < -0.4 is 5.32 Å². The minimum absolute atomic E-state index is 0.106. The number of anilines is 1. The summed E-state index contributed by atoms with van der Waals surface area (Å²) in [6.45, 7) is 1.25. The van der Waals surface area contributed by atoms with Gasteiger partial charge in [-0.1, -0.05) is 28.1 Å². The monoisotopic (exact) mass is 419 g/mol. The third-order valence-electron chi connectivity index (χ3n) is 4.31. The van der Waals surface area contributed by atoms with Gasteiger partial charge in [-0.3, -0.25) is 14.9 Å². The quantitative estimate of drug-likeness (QED) is 0.604. The van der Waals surface area contributed by atoms with Crippen LogP contribution in [0, 0.1) is 10.1 Å². The van der Waals surface area contributed by atoms with Crippen LogP contribution in [0.5, 0.6) is 0 Å². The summed E-state index contributed by atoms with van der Waals surface area (Å²) < 4.78 is 6.78. The molecule has 1 fully saturated rings. The number of carbonyl (C=O) groups is 1. The molecule has 3 rings (SSSR count). The van der Waals surface area contributed by atoms with Crippen LogP contribution in [0.3, 0.4) is 0 Å². The Morgan fingerprint density at radius 1 is 1.31 bits per heavy atom. The highest BCUT2D eigenvalue weighted by Crippen LogP contribution is 2.27. The smallest absolute Gasteiger partial charge is 0.270 e. The lowest BCUT2D eigenvalue weighted by molar-refractivity contribution is -0.384. The van der Waals surface area contributed by atoms with E-state index >= 15 is 0 Å². The Kier molecular flexibility index (Phi) is 5.53. The number of nitrogens with zero attached hydrogens (tertiary/aromatic N) is 2. The van der Waals surface area contributed by atoms with Crippen molar-refractivity contribution < 1.29 is 14.5 Å². The zero-order valence-corrected chi connectivity index (χ0v) is 15.7. The van der Waals surface area contributed by atoms with Gasteiger partial charge in [0.05, 0.1) is 23.6 Å². The summed E-state index contributed by atoms with van der Waals surface area (Å²) in [4.78, 5) is 25.2. The molecule has 0 bridgehead atoms. The Labute approximate surface area is 159 Å². The number of halogens is 1. The number of hydrogen-bond acceptors (Lipinski definition) is 5. The lowest BCUT2D eigenvalue weighted by Gasteiger charge is -2.33. The summed E-state index contributed by atoms with van der Waals surface area (Å²) in [6.07, 6.45) is -0.225. The lowest BCUT2D eigenvalue weighted by atomic mass is 10.1. The van der Waals surface area contributed by atoms with E-state index in [1.54, 1.807) is 18.0 Å². The third kappa shape index (κ3) is 3.86. The number of nitrogens with one attached hydrogen (secondary N) is 1. The van der Waals surface area contributed by atoms with E-state index in [4.69, 9.17) is 4.74 Å². The van der Waals surface area contributed by atoms with Crippen molar-refractivity contribution in [3.8, 4) is 0 Å². The predicted molar refractivity (Wildman–Crippen MR) is 101 cm³/mol. The fourth-order valence-electron chi connectivity index (χ4n) is 2.92. The maximum Gasteiger partial charge on any atom is 0.270 e. The van der Waals surface area contributed by atoms with E-state index in [1.165, 1.54) is 12.1 Å². The lowest BCUT2D eigenvalue weighted by Crippen LogP contribution is -2.42. The number of non-ortho nitro benzene ring substituents is 1. The first kappa shape index (κ1) is 18.3. The molecule has 1 aliphatic heterocycles. The highest BCUT2D eigenvalue weighted by Gasteiger charge is 2.28. The van der Waals surface area contributed by atoms with Gasteiger partial charge in [-0.25, -0.2) is 0 Å². The molecule has 7 nitrogen and oxygen atoms in total. The highest BCUT2D eigenvalue weighted by atomic mass is 79.9. The van der Waals surface area contributed by atoms with Gasteiger partial charge >= 0.3 is 0 Å². The van der Waals surface area contributed by atoms with Gasteiger partial charge in [-0.2, -0.15) is 0 Å². The highest BCUT2D eigenvalue weighted by molar-refractivity contribution is 9.10. The summed E-state index contributed by atoms with van der Waals surface area (Å²) in [5.74, 6) is -0.247. The number of nitro benzene ring substituents is 1. The molecular weight excluding hydrogens is 402 g/mol. The zero-order chi connectivity index (χ0) is 18.7. The Hall–Kier alpha value is -2.45. The van der Waals surface area contributed by atoms with Crippen molar-refractivity contribution >= 4 is 33.2 Å². The number of ether oxygens (including phenoxy) is 1. The number of carbonyl (C=O) groups excluding carboxylic acids is 1. The minimum Gasteiger partial charge on any atom is -0.387 e. The van der Waals surface area contributed by atoms with Crippen molar-refractivity contribution in [3.63, 3.8) is 0 Å². The van der Waals surface area contributed by atoms with Crippen molar-refractivity contribution in [1.82, 2.24) is 4.90 Å². The summed E-state index contributed by atoms with van der Waals surface area (Å²) in [6, 6.07) is 12.0. The van der Waals surface area contributed by atoms with E-state index in [0.717, 1.165) is 10.0 Å². The molecule has 2 aromatic rings. The summed E-state index contributed by atoms with van der Waals surface area (Å²) in [5.41, 5.74) is 1.73. The Balaban J connectivity index is 1.84. The molecule has 136 valence electrons. The second-order valence-corrected chi connectivity index (χ2v) is 6.81. The number of benzene rings is 2. The van der Waals surface area contributed by atoms with Crippen LogP contribution in [0.15, 0.2) is 46.9 Å². The van der Waals surface area contributed by atoms with E-state index in [0.29, 0.717) is 25.4 Å². The molecule has 1 heterocycles. The number of nitro groups is 1. The second kappa shape index (κ2) is 7.84. The Bertz CT molecular complexity index is 826. The van der Waals surface area contributed by atoms with Gasteiger partial charge in [-0.05, 0) is 23.8 Å². The standard InChI is InChI=1S/C18H18BrN3O4/c1-20-16-7-6-14(22(24)25)10-15(16)18(23)21-8-9-26-17(11-21)12-2-4-13(19)5-3-12/h2-7,10,17,20H,8-9,11H2,1H3. The normalized spacial score (nSPS) is 17.0. The predicted octanol–water partition coefficient (Wildman–Crippen LogP) is 3.61. The minimum atomic E-state index is -0.500. The van der Waals surface area contributed by atoms with E-state index < -0.39 is 4.92 Å². The van der Waals surface area contributed by atoms with Crippen LogP contribution >= 0.6 is 15.9 Å². The molecule has 1 amide bonds.